The summed E-state index contributed by atoms with van der Waals surface area (Å²) in [6.07, 6.45) is 6.40. The Morgan fingerprint density at radius 3 is 2.71 bits per heavy atom. The maximum absolute atomic E-state index is 3.65. The third-order valence-corrected chi connectivity index (χ3v) is 4.75. The molecular formula is C18H27N3. The molecule has 3 nitrogen and oxygen atoms in total. The first kappa shape index (κ1) is 14.6. The van der Waals surface area contributed by atoms with E-state index in [1.807, 2.05) is 0 Å². The predicted molar refractivity (Wildman–Crippen MR) is 89.5 cm³/mol. The Balaban J connectivity index is 1.57. The van der Waals surface area contributed by atoms with Crippen LogP contribution in [-0.4, -0.2) is 35.1 Å². The van der Waals surface area contributed by atoms with Gasteiger partial charge in [0.2, 0.25) is 0 Å². The van der Waals surface area contributed by atoms with Crippen molar-refractivity contribution >= 4 is 10.9 Å². The van der Waals surface area contributed by atoms with E-state index in [0.29, 0.717) is 6.04 Å². The number of fused-ring (bicyclic) bond motifs is 1. The third kappa shape index (κ3) is 3.30. The zero-order valence-electron chi connectivity index (χ0n) is 13.3. The molecule has 1 aliphatic heterocycles. The zero-order chi connectivity index (χ0) is 14.7. The van der Waals surface area contributed by atoms with Crippen LogP contribution in [0.2, 0.25) is 0 Å². The number of aromatic nitrogens is 1. The van der Waals surface area contributed by atoms with Crippen LogP contribution in [0.5, 0.6) is 0 Å². The maximum Gasteiger partial charge on any atom is 0.0481 e. The summed E-state index contributed by atoms with van der Waals surface area (Å²) in [6, 6.07) is 9.29. The number of nitrogens with zero attached hydrogens (tertiary/aromatic N) is 2. The smallest absolute Gasteiger partial charge is 0.0481 e. The van der Waals surface area contributed by atoms with Gasteiger partial charge in [0.05, 0.1) is 0 Å². The summed E-state index contributed by atoms with van der Waals surface area (Å²) in [5.41, 5.74) is 2.72. The third-order valence-electron chi connectivity index (χ3n) is 4.75. The van der Waals surface area contributed by atoms with Gasteiger partial charge in [0, 0.05) is 43.3 Å². The SMILES string of the molecule is CC(CNCc1cn(C)c2ccccc12)N1CCCCC1. The second kappa shape index (κ2) is 6.63. The Morgan fingerprint density at radius 2 is 1.90 bits per heavy atom. The fourth-order valence-electron chi connectivity index (χ4n) is 3.47. The lowest BCUT2D eigenvalue weighted by Gasteiger charge is -2.32. The second-order valence-electron chi connectivity index (χ2n) is 6.36. The summed E-state index contributed by atoms with van der Waals surface area (Å²) in [7, 11) is 2.13. The minimum absolute atomic E-state index is 0.639. The lowest BCUT2D eigenvalue weighted by atomic mass is 10.1. The lowest BCUT2D eigenvalue weighted by molar-refractivity contribution is 0.170. The van der Waals surface area contributed by atoms with Gasteiger partial charge < -0.3 is 9.88 Å². The molecule has 2 heterocycles. The maximum atomic E-state index is 3.65. The van der Waals surface area contributed by atoms with Gasteiger partial charge in [-0.2, -0.15) is 0 Å². The molecule has 1 saturated heterocycles. The van der Waals surface area contributed by atoms with Gasteiger partial charge in [0.1, 0.15) is 0 Å². The van der Waals surface area contributed by atoms with Crippen molar-refractivity contribution in [2.45, 2.75) is 38.8 Å². The molecule has 3 heteroatoms. The van der Waals surface area contributed by atoms with Gasteiger partial charge in [-0.3, -0.25) is 4.90 Å². The minimum atomic E-state index is 0.639. The van der Waals surface area contributed by atoms with E-state index < -0.39 is 0 Å². The molecule has 3 rings (SSSR count). The van der Waals surface area contributed by atoms with Crippen molar-refractivity contribution in [3.05, 3.63) is 36.0 Å². The highest BCUT2D eigenvalue weighted by molar-refractivity contribution is 5.83. The summed E-state index contributed by atoms with van der Waals surface area (Å²) >= 11 is 0. The molecule has 0 aliphatic carbocycles. The molecule has 1 unspecified atom stereocenters. The van der Waals surface area contributed by atoms with Crippen LogP contribution in [0, 0.1) is 0 Å². The first-order valence-corrected chi connectivity index (χ1v) is 8.23. The summed E-state index contributed by atoms with van der Waals surface area (Å²) < 4.78 is 2.22. The number of para-hydroxylation sites is 1. The number of benzene rings is 1. The van der Waals surface area contributed by atoms with Crippen molar-refractivity contribution in [1.29, 1.82) is 0 Å². The van der Waals surface area contributed by atoms with Gasteiger partial charge in [0.25, 0.3) is 0 Å². The Bertz CT molecular complexity index is 581. The van der Waals surface area contributed by atoms with E-state index in [0.717, 1.165) is 13.1 Å². The molecule has 114 valence electrons. The van der Waals surface area contributed by atoms with E-state index in [1.165, 1.54) is 48.8 Å². The van der Waals surface area contributed by atoms with Crippen molar-refractivity contribution in [3.8, 4) is 0 Å². The largest absolute Gasteiger partial charge is 0.350 e. The molecule has 1 fully saturated rings. The Hall–Kier alpha value is -1.32. The highest BCUT2D eigenvalue weighted by atomic mass is 15.2. The van der Waals surface area contributed by atoms with Crippen LogP contribution >= 0.6 is 0 Å². The van der Waals surface area contributed by atoms with E-state index >= 15 is 0 Å². The molecule has 0 spiro atoms. The first-order chi connectivity index (χ1) is 10.3. The van der Waals surface area contributed by atoms with Gasteiger partial charge >= 0.3 is 0 Å². The fraction of sp³-hybridized carbons (Fsp3) is 0.556. The molecule has 21 heavy (non-hydrogen) atoms. The highest BCUT2D eigenvalue weighted by Crippen LogP contribution is 2.20. The average molecular weight is 285 g/mol. The van der Waals surface area contributed by atoms with Crippen molar-refractivity contribution in [3.63, 3.8) is 0 Å². The van der Waals surface area contributed by atoms with Crippen LogP contribution in [0.15, 0.2) is 30.5 Å². The summed E-state index contributed by atoms with van der Waals surface area (Å²) in [6.45, 7) is 6.93. The minimum Gasteiger partial charge on any atom is -0.350 e. The van der Waals surface area contributed by atoms with Crippen LogP contribution in [0.25, 0.3) is 10.9 Å². The molecule has 0 saturated carbocycles. The number of hydrogen-bond acceptors (Lipinski definition) is 2. The average Bonchev–Trinajstić information content (AvgIpc) is 2.85. The van der Waals surface area contributed by atoms with E-state index in [2.05, 4.69) is 59.2 Å². The van der Waals surface area contributed by atoms with Crippen LogP contribution in [0.1, 0.15) is 31.7 Å². The topological polar surface area (TPSA) is 20.2 Å². The van der Waals surface area contributed by atoms with E-state index in [-0.39, 0.29) is 0 Å². The van der Waals surface area contributed by atoms with E-state index in [1.54, 1.807) is 0 Å². The Labute approximate surface area is 127 Å². The van der Waals surface area contributed by atoms with Gasteiger partial charge in [-0.15, -0.1) is 0 Å². The molecule has 1 N–H and O–H groups in total. The fourth-order valence-corrected chi connectivity index (χ4v) is 3.47. The molecular weight excluding hydrogens is 258 g/mol. The number of aryl methyl sites for hydroxylation is 1. The number of nitrogens with one attached hydrogen (secondary N) is 1. The second-order valence-corrected chi connectivity index (χ2v) is 6.36. The molecule has 0 radical (unpaired) electrons. The standard InChI is InChI=1S/C18H27N3/c1-15(21-10-6-3-7-11-21)12-19-13-16-14-20(2)18-9-5-4-8-17(16)18/h4-5,8-9,14-15,19H,3,6-7,10-13H2,1-2H3. The van der Waals surface area contributed by atoms with Crippen LogP contribution in [0.4, 0.5) is 0 Å². The van der Waals surface area contributed by atoms with Crippen LogP contribution < -0.4 is 5.32 Å². The molecule has 1 aliphatic rings. The number of hydrogen-bond donors (Lipinski definition) is 1. The van der Waals surface area contributed by atoms with Crippen molar-refractivity contribution in [2.75, 3.05) is 19.6 Å². The van der Waals surface area contributed by atoms with Crippen molar-refractivity contribution in [2.24, 2.45) is 7.05 Å². The Morgan fingerprint density at radius 1 is 1.14 bits per heavy atom. The molecule has 1 aromatic carbocycles. The number of rotatable bonds is 5. The zero-order valence-corrected chi connectivity index (χ0v) is 13.3. The van der Waals surface area contributed by atoms with Crippen LogP contribution in [0.3, 0.4) is 0 Å². The first-order valence-electron chi connectivity index (χ1n) is 8.23. The van der Waals surface area contributed by atoms with Gasteiger partial charge in [-0.05, 0) is 44.5 Å². The normalized spacial score (nSPS) is 18.2. The van der Waals surface area contributed by atoms with E-state index in [9.17, 15) is 0 Å². The van der Waals surface area contributed by atoms with Crippen molar-refractivity contribution < 1.29 is 0 Å². The van der Waals surface area contributed by atoms with Gasteiger partial charge in [0.15, 0.2) is 0 Å². The number of likely N-dealkylation sites (tertiary alicyclic amines) is 1. The summed E-state index contributed by atoms with van der Waals surface area (Å²) in [5, 5.41) is 5.02. The van der Waals surface area contributed by atoms with Gasteiger partial charge in [-0.1, -0.05) is 24.6 Å². The number of piperidine rings is 1. The van der Waals surface area contributed by atoms with Crippen LogP contribution in [-0.2, 0) is 13.6 Å². The molecule has 0 bridgehead atoms. The molecule has 1 aromatic heterocycles. The summed E-state index contributed by atoms with van der Waals surface area (Å²) in [5.74, 6) is 0. The molecule has 2 aromatic rings. The predicted octanol–water partition coefficient (Wildman–Crippen LogP) is 3.14. The quantitative estimate of drug-likeness (QED) is 0.910. The molecule has 1 atom stereocenters. The lowest BCUT2D eigenvalue weighted by Crippen LogP contribution is -2.42. The van der Waals surface area contributed by atoms with E-state index in [4.69, 9.17) is 0 Å². The monoisotopic (exact) mass is 285 g/mol. The van der Waals surface area contributed by atoms with Crippen molar-refractivity contribution in [1.82, 2.24) is 14.8 Å². The highest BCUT2D eigenvalue weighted by Gasteiger charge is 2.16. The molecule has 0 amide bonds. The van der Waals surface area contributed by atoms with Gasteiger partial charge in [-0.25, -0.2) is 0 Å². The summed E-state index contributed by atoms with van der Waals surface area (Å²) in [4.78, 5) is 2.62. The Kier molecular flexibility index (Phi) is 4.61.